The topological polar surface area (TPSA) is 40.1 Å². The van der Waals surface area contributed by atoms with E-state index in [1.807, 2.05) is 5.25 Å². The monoisotopic (exact) mass is 195 g/mol. The Balaban J connectivity index is 3.68. The number of hydrogen-bond donors (Lipinski definition) is 0. The quantitative estimate of drug-likeness (QED) is 0.323. The summed E-state index contributed by atoms with van der Waals surface area (Å²) in [5.74, 6) is 2.40. The van der Waals surface area contributed by atoms with Crippen LogP contribution in [0.25, 0.3) is 0 Å². The molecule has 2 atom stereocenters. The summed E-state index contributed by atoms with van der Waals surface area (Å²) in [7, 11) is 0. The Morgan fingerprint density at radius 1 is 1.88 bits per heavy atom. The highest BCUT2D eigenvalue weighted by Gasteiger charge is 1.81. The molecule has 4 heteroatoms. The third-order valence-corrected chi connectivity index (χ3v) is 0.855. The van der Waals surface area contributed by atoms with Gasteiger partial charge in [-0.1, -0.05) is 21.9 Å². The minimum atomic E-state index is -2.23. The predicted octanol–water partition coefficient (Wildman–Crippen LogP) is 0.610. The molecule has 0 aliphatic rings. The Morgan fingerprint density at radius 3 is 2.50 bits per heavy atom. The molecule has 8 heavy (non-hydrogen) atoms. The molecular weight excluding hydrogens is 192 g/mol. The summed E-state index contributed by atoms with van der Waals surface area (Å²) < 4.78 is 19.4. The van der Waals surface area contributed by atoms with E-state index in [2.05, 4.69) is 21.9 Å². The standard InChI is InChI=1S/C4H5BrO2S/c1-4(5)2-3-8(6)7/h4H,1H3,(H,6,7)/p-1. The summed E-state index contributed by atoms with van der Waals surface area (Å²) in [6.07, 6.45) is 0. The van der Waals surface area contributed by atoms with Gasteiger partial charge in [-0.05, 0) is 12.2 Å². The lowest BCUT2D eigenvalue weighted by molar-refractivity contribution is 0.548. The summed E-state index contributed by atoms with van der Waals surface area (Å²) in [6.45, 7) is 1.75. The smallest absolute Gasteiger partial charge is 0.0736 e. The number of halogens is 1. The van der Waals surface area contributed by atoms with E-state index in [0.29, 0.717) is 0 Å². The Labute approximate surface area is 59.1 Å². The molecule has 0 aromatic rings. The van der Waals surface area contributed by atoms with E-state index < -0.39 is 11.1 Å². The average molecular weight is 196 g/mol. The minimum absolute atomic E-state index is 0.0552. The van der Waals surface area contributed by atoms with Crippen molar-refractivity contribution in [2.75, 3.05) is 0 Å². The van der Waals surface area contributed by atoms with Crippen LogP contribution in [0.3, 0.4) is 0 Å². The van der Waals surface area contributed by atoms with Crippen LogP contribution in [0.4, 0.5) is 0 Å². The van der Waals surface area contributed by atoms with Gasteiger partial charge in [0.25, 0.3) is 0 Å². The van der Waals surface area contributed by atoms with Crippen molar-refractivity contribution < 1.29 is 8.76 Å². The van der Waals surface area contributed by atoms with Crippen LogP contribution in [0.2, 0.25) is 0 Å². The highest BCUT2D eigenvalue weighted by atomic mass is 79.9. The van der Waals surface area contributed by atoms with Crippen molar-refractivity contribution in [3.8, 4) is 11.2 Å². The molecule has 0 rings (SSSR count). The predicted molar refractivity (Wildman–Crippen MR) is 35.1 cm³/mol. The zero-order chi connectivity index (χ0) is 6.57. The molecule has 46 valence electrons. The molecule has 0 bridgehead atoms. The van der Waals surface area contributed by atoms with Gasteiger partial charge in [0.1, 0.15) is 0 Å². The molecule has 0 fully saturated rings. The maximum absolute atomic E-state index is 9.71. The van der Waals surface area contributed by atoms with Crippen LogP contribution in [-0.2, 0) is 11.1 Å². The van der Waals surface area contributed by atoms with Gasteiger partial charge in [-0.25, -0.2) is 0 Å². The van der Waals surface area contributed by atoms with Crippen molar-refractivity contribution in [2.45, 2.75) is 11.8 Å². The fourth-order valence-corrected chi connectivity index (χ4v) is 0.668. The number of hydrogen-bond acceptors (Lipinski definition) is 2. The summed E-state index contributed by atoms with van der Waals surface area (Å²) >= 11 is 0.829. The van der Waals surface area contributed by atoms with Crippen molar-refractivity contribution in [3.05, 3.63) is 0 Å². The molecule has 0 aliphatic carbocycles. The first-order chi connectivity index (χ1) is 3.63. The van der Waals surface area contributed by atoms with Crippen LogP contribution < -0.4 is 0 Å². The maximum atomic E-state index is 9.71. The summed E-state index contributed by atoms with van der Waals surface area (Å²) in [5, 5.41) is 1.96. The van der Waals surface area contributed by atoms with Gasteiger partial charge in [-0.2, -0.15) is 0 Å². The molecule has 0 heterocycles. The van der Waals surface area contributed by atoms with Crippen LogP contribution in [0.15, 0.2) is 0 Å². The fraction of sp³-hybridized carbons (Fsp3) is 0.500. The molecule has 0 saturated carbocycles. The second-order valence-electron chi connectivity index (χ2n) is 1.10. The Bertz CT molecular complexity index is 144. The van der Waals surface area contributed by atoms with Gasteiger partial charge in [0, 0.05) is 11.1 Å². The van der Waals surface area contributed by atoms with Crippen molar-refractivity contribution in [3.63, 3.8) is 0 Å². The Morgan fingerprint density at radius 2 is 2.38 bits per heavy atom. The average Bonchev–Trinajstić information content (AvgIpc) is 1.61. The van der Waals surface area contributed by atoms with Crippen molar-refractivity contribution in [2.24, 2.45) is 0 Å². The maximum Gasteiger partial charge on any atom is 0.0736 e. The molecule has 0 amide bonds. The van der Waals surface area contributed by atoms with E-state index in [0.717, 1.165) is 0 Å². The first kappa shape index (κ1) is 8.15. The first-order valence-corrected chi connectivity index (χ1v) is 3.86. The zero-order valence-electron chi connectivity index (χ0n) is 4.18. The van der Waals surface area contributed by atoms with Crippen LogP contribution >= 0.6 is 15.9 Å². The molecule has 0 saturated heterocycles. The molecule has 0 radical (unpaired) electrons. The Kier molecular flexibility index (Phi) is 4.15. The van der Waals surface area contributed by atoms with Gasteiger partial charge in [0.05, 0.1) is 4.83 Å². The first-order valence-electron chi connectivity index (χ1n) is 1.87. The minimum Gasteiger partial charge on any atom is -0.762 e. The van der Waals surface area contributed by atoms with Gasteiger partial charge in [0.15, 0.2) is 0 Å². The lowest BCUT2D eigenvalue weighted by atomic mass is 10.5. The fourth-order valence-electron chi connectivity index (χ4n) is 0.129. The van der Waals surface area contributed by atoms with E-state index >= 15 is 0 Å². The van der Waals surface area contributed by atoms with Crippen LogP contribution in [0.5, 0.6) is 0 Å². The second-order valence-corrected chi connectivity index (χ2v) is 3.14. The highest BCUT2D eigenvalue weighted by Crippen LogP contribution is 1.92. The molecule has 0 spiro atoms. The number of alkyl halides is 1. The largest absolute Gasteiger partial charge is 0.762 e. The van der Waals surface area contributed by atoms with Gasteiger partial charge in [0.2, 0.25) is 0 Å². The van der Waals surface area contributed by atoms with Crippen LogP contribution in [0.1, 0.15) is 6.92 Å². The molecule has 0 aromatic carbocycles. The second kappa shape index (κ2) is 4.07. The third-order valence-electron chi connectivity index (χ3n) is 0.341. The molecule has 0 N–H and O–H groups in total. The van der Waals surface area contributed by atoms with E-state index in [-0.39, 0.29) is 4.83 Å². The van der Waals surface area contributed by atoms with E-state index in [4.69, 9.17) is 0 Å². The molecule has 0 aromatic heterocycles. The SMILES string of the molecule is CC(Br)C#CS(=O)[O-]. The van der Waals surface area contributed by atoms with E-state index in [1.54, 1.807) is 6.92 Å². The van der Waals surface area contributed by atoms with E-state index in [1.165, 1.54) is 0 Å². The van der Waals surface area contributed by atoms with Crippen LogP contribution in [0, 0.1) is 11.2 Å². The van der Waals surface area contributed by atoms with Gasteiger partial charge >= 0.3 is 0 Å². The third kappa shape index (κ3) is 6.15. The van der Waals surface area contributed by atoms with Crippen molar-refractivity contribution in [1.29, 1.82) is 0 Å². The lowest BCUT2D eigenvalue weighted by Gasteiger charge is -1.89. The Hall–Kier alpha value is 0.150. The molecular formula is C4H4BrO2S-. The van der Waals surface area contributed by atoms with E-state index in [9.17, 15) is 8.76 Å². The van der Waals surface area contributed by atoms with Crippen LogP contribution in [-0.4, -0.2) is 13.6 Å². The molecule has 0 aliphatic heterocycles. The van der Waals surface area contributed by atoms with Gasteiger partial charge < -0.3 is 4.55 Å². The molecule has 2 nitrogen and oxygen atoms in total. The van der Waals surface area contributed by atoms with Gasteiger partial charge in [-0.3, -0.25) is 4.21 Å². The summed E-state index contributed by atoms with van der Waals surface area (Å²) in [4.78, 5) is -0.0552. The van der Waals surface area contributed by atoms with Crippen molar-refractivity contribution >= 4 is 27.0 Å². The normalized spacial score (nSPS) is 15.9. The number of rotatable bonds is 0. The summed E-state index contributed by atoms with van der Waals surface area (Å²) in [6, 6.07) is 0. The van der Waals surface area contributed by atoms with Gasteiger partial charge in [-0.15, -0.1) is 0 Å². The highest BCUT2D eigenvalue weighted by molar-refractivity contribution is 9.09. The molecule has 2 unspecified atom stereocenters. The zero-order valence-corrected chi connectivity index (χ0v) is 6.58. The van der Waals surface area contributed by atoms with Crippen molar-refractivity contribution in [1.82, 2.24) is 0 Å². The lowest BCUT2D eigenvalue weighted by Crippen LogP contribution is -1.84. The summed E-state index contributed by atoms with van der Waals surface area (Å²) in [5.41, 5.74) is 0.